The number of imide groups is 2. The van der Waals surface area contributed by atoms with Gasteiger partial charge in [-0.3, -0.25) is 24.1 Å². The molecule has 3 rings (SSSR count). The van der Waals surface area contributed by atoms with Gasteiger partial charge in [0.2, 0.25) is 0 Å². The standard InChI is InChI=1S/C17H20N2O5/c1-11(24-19-16(22)8-9-17(19)23)13-4-2-12(3-5-13)10-18-14(20)6-7-15(18)21/h6-7,12-13H,1-5,8-10H2. The fourth-order valence-corrected chi connectivity index (χ4v) is 3.39. The van der Waals surface area contributed by atoms with Crippen LogP contribution < -0.4 is 0 Å². The van der Waals surface area contributed by atoms with Gasteiger partial charge in [-0.15, -0.1) is 5.06 Å². The zero-order valence-corrected chi connectivity index (χ0v) is 13.4. The van der Waals surface area contributed by atoms with E-state index in [0.717, 1.165) is 30.7 Å². The molecule has 0 aromatic heterocycles. The van der Waals surface area contributed by atoms with Crippen LogP contribution in [0.3, 0.4) is 0 Å². The summed E-state index contributed by atoms with van der Waals surface area (Å²) in [6, 6.07) is 0. The number of hydrogen-bond donors (Lipinski definition) is 0. The molecule has 0 atom stereocenters. The van der Waals surface area contributed by atoms with Crippen LogP contribution in [0.2, 0.25) is 0 Å². The van der Waals surface area contributed by atoms with Gasteiger partial charge in [-0.2, -0.15) is 0 Å². The van der Waals surface area contributed by atoms with Gasteiger partial charge in [-0.1, -0.05) is 6.58 Å². The van der Waals surface area contributed by atoms with Gasteiger partial charge < -0.3 is 4.84 Å². The highest BCUT2D eigenvalue weighted by Crippen LogP contribution is 2.34. The van der Waals surface area contributed by atoms with Crippen LogP contribution in [0.25, 0.3) is 0 Å². The van der Waals surface area contributed by atoms with Crippen molar-refractivity contribution in [1.29, 1.82) is 0 Å². The Kier molecular flexibility index (Phi) is 4.51. The Balaban J connectivity index is 1.47. The van der Waals surface area contributed by atoms with Crippen LogP contribution in [0.1, 0.15) is 38.5 Å². The Morgan fingerprint density at radius 1 is 1.00 bits per heavy atom. The first kappa shape index (κ1) is 16.4. The quantitative estimate of drug-likeness (QED) is 0.560. The lowest BCUT2D eigenvalue weighted by molar-refractivity contribution is -0.179. The van der Waals surface area contributed by atoms with Crippen LogP contribution >= 0.6 is 0 Å². The molecule has 24 heavy (non-hydrogen) atoms. The molecule has 1 saturated carbocycles. The number of allylic oxidation sites excluding steroid dienone is 1. The smallest absolute Gasteiger partial charge is 0.263 e. The predicted molar refractivity (Wildman–Crippen MR) is 82.6 cm³/mol. The summed E-state index contributed by atoms with van der Waals surface area (Å²) >= 11 is 0. The van der Waals surface area contributed by atoms with Gasteiger partial charge in [0.25, 0.3) is 23.6 Å². The summed E-state index contributed by atoms with van der Waals surface area (Å²) in [6.45, 7) is 4.30. The maximum atomic E-state index is 11.6. The topological polar surface area (TPSA) is 84.0 Å². The molecular weight excluding hydrogens is 312 g/mol. The highest BCUT2D eigenvalue weighted by atomic mass is 16.7. The number of rotatable bonds is 5. The van der Waals surface area contributed by atoms with E-state index >= 15 is 0 Å². The first-order valence-corrected chi connectivity index (χ1v) is 8.22. The molecule has 2 aliphatic heterocycles. The molecule has 0 unspecified atom stereocenters. The average Bonchev–Trinajstić information content (AvgIpc) is 3.05. The van der Waals surface area contributed by atoms with E-state index in [1.165, 1.54) is 17.1 Å². The van der Waals surface area contributed by atoms with Crippen LogP contribution in [0.4, 0.5) is 0 Å². The monoisotopic (exact) mass is 332 g/mol. The second-order valence-corrected chi connectivity index (χ2v) is 6.48. The number of nitrogens with zero attached hydrogens (tertiary/aromatic N) is 2. The number of amides is 4. The van der Waals surface area contributed by atoms with Crippen molar-refractivity contribution in [3.05, 3.63) is 24.5 Å². The number of hydroxylamine groups is 2. The van der Waals surface area contributed by atoms with Gasteiger partial charge in [-0.05, 0) is 31.6 Å². The third kappa shape index (κ3) is 3.25. The van der Waals surface area contributed by atoms with Crippen LogP contribution in [0, 0.1) is 11.8 Å². The van der Waals surface area contributed by atoms with Crippen LogP contribution in [-0.4, -0.2) is 40.1 Å². The van der Waals surface area contributed by atoms with Crippen molar-refractivity contribution in [2.45, 2.75) is 38.5 Å². The molecule has 0 radical (unpaired) electrons. The van der Waals surface area contributed by atoms with Crippen molar-refractivity contribution in [2.24, 2.45) is 11.8 Å². The van der Waals surface area contributed by atoms with Crippen molar-refractivity contribution in [2.75, 3.05) is 6.54 Å². The highest BCUT2D eigenvalue weighted by Gasteiger charge is 2.34. The molecule has 0 aromatic rings. The molecule has 7 heteroatoms. The molecule has 1 aliphatic carbocycles. The largest absolute Gasteiger partial charge is 0.374 e. The van der Waals surface area contributed by atoms with E-state index in [9.17, 15) is 19.2 Å². The molecule has 4 amide bonds. The Bertz CT molecular complexity index is 597. The van der Waals surface area contributed by atoms with E-state index in [4.69, 9.17) is 4.84 Å². The van der Waals surface area contributed by atoms with Gasteiger partial charge in [-0.25, -0.2) is 0 Å². The molecule has 0 N–H and O–H groups in total. The zero-order valence-electron chi connectivity index (χ0n) is 13.4. The van der Waals surface area contributed by atoms with E-state index in [0.29, 0.717) is 12.3 Å². The zero-order chi connectivity index (χ0) is 17.3. The second kappa shape index (κ2) is 6.59. The van der Waals surface area contributed by atoms with Gasteiger partial charge in [0.15, 0.2) is 0 Å². The summed E-state index contributed by atoms with van der Waals surface area (Å²) in [6.07, 6.45) is 6.24. The maximum absolute atomic E-state index is 11.6. The first-order valence-electron chi connectivity index (χ1n) is 8.22. The van der Waals surface area contributed by atoms with Gasteiger partial charge in [0.05, 0.1) is 0 Å². The minimum absolute atomic E-state index is 0.0746. The van der Waals surface area contributed by atoms with Crippen molar-refractivity contribution >= 4 is 23.6 Å². The molecule has 0 bridgehead atoms. The van der Waals surface area contributed by atoms with E-state index in [2.05, 4.69) is 6.58 Å². The summed E-state index contributed by atoms with van der Waals surface area (Å²) in [4.78, 5) is 53.0. The summed E-state index contributed by atoms with van der Waals surface area (Å²) in [7, 11) is 0. The summed E-state index contributed by atoms with van der Waals surface area (Å²) in [5.74, 6) is -0.377. The Morgan fingerprint density at radius 2 is 1.54 bits per heavy atom. The molecule has 2 heterocycles. The lowest BCUT2D eigenvalue weighted by Crippen LogP contribution is -2.36. The van der Waals surface area contributed by atoms with Crippen molar-refractivity contribution < 1.29 is 24.0 Å². The van der Waals surface area contributed by atoms with Crippen LogP contribution in [0.15, 0.2) is 24.5 Å². The van der Waals surface area contributed by atoms with Crippen molar-refractivity contribution in [3.63, 3.8) is 0 Å². The van der Waals surface area contributed by atoms with Gasteiger partial charge >= 0.3 is 0 Å². The Morgan fingerprint density at radius 3 is 2.08 bits per heavy atom. The molecule has 0 aromatic carbocycles. The minimum Gasteiger partial charge on any atom is -0.374 e. The summed E-state index contributed by atoms with van der Waals surface area (Å²) < 4.78 is 0. The SMILES string of the molecule is C=C(ON1C(=O)CCC1=O)C1CCC(CN2C(=O)C=CC2=O)CC1. The van der Waals surface area contributed by atoms with Crippen LogP contribution in [0.5, 0.6) is 0 Å². The molecule has 2 fully saturated rings. The molecule has 7 nitrogen and oxygen atoms in total. The van der Waals surface area contributed by atoms with E-state index < -0.39 is 0 Å². The highest BCUT2D eigenvalue weighted by molar-refractivity contribution is 6.12. The Hall–Kier alpha value is -2.44. The lowest BCUT2D eigenvalue weighted by atomic mass is 9.81. The van der Waals surface area contributed by atoms with Gasteiger partial charge in [0.1, 0.15) is 5.76 Å². The third-order valence-corrected chi connectivity index (χ3v) is 4.86. The number of hydrogen-bond acceptors (Lipinski definition) is 5. The third-order valence-electron chi connectivity index (χ3n) is 4.86. The summed E-state index contributed by atoms with van der Waals surface area (Å²) in [5, 5.41) is 0.821. The number of carbonyl (C=O) groups is 4. The molecule has 1 saturated heterocycles. The predicted octanol–water partition coefficient (Wildman–Crippen LogP) is 1.31. The second-order valence-electron chi connectivity index (χ2n) is 6.48. The fourth-order valence-electron chi connectivity index (χ4n) is 3.39. The number of carbonyl (C=O) groups excluding carboxylic acids is 4. The van der Waals surface area contributed by atoms with E-state index in [-0.39, 0.29) is 48.3 Å². The molecule has 0 spiro atoms. The van der Waals surface area contributed by atoms with Gasteiger partial charge in [0, 0.05) is 37.5 Å². The van der Waals surface area contributed by atoms with Crippen molar-refractivity contribution in [1.82, 2.24) is 9.96 Å². The normalized spacial score (nSPS) is 27.3. The molecule has 3 aliphatic rings. The first-order chi connectivity index (χ1) is 11.5. The molecule has 128 valence electrons. The Labute approximate surface area is 139 Å². The molecular formula is C17H20N2O5. The minimum atomic E-state index is -0.326. The average molecular weight is 332 g/mol. The summed E-state index contributed by atoms with van der Waals surface area (Å²) in [5.41, 5.74) is 0. The van der Waals surface area contributed by atoms with Crippen molar-refractivity contribution in [3.8, 4) is 0 Å². The van der Waals surface area contributed by atoms with E-state index in [1.54, 1.807) is 0 Å². The van der Waals surface area contributed by atoms with Crippen LogP contribution in [-0.2, 0) is 24.0 Å². The van der Waals surface area contributed by atoms with E-state index in [1.807, 2.05) is 0 Å². The lowest BCUT2D eigenvalue weighted by Gasteiger charge is -2.31. The fraction of sp³-hybridized carbons (Fsp3) is 0.529. The maximum Gasteiger partial charge on any atom is 0.263 e.